The number of fused-ring (bicyclic) bond motifs is 1. The molecule has 1 saturated heterocycles. The standard InChI is InChI=1S/C16H24N2O/c1-18(11-13-4-3-9-19-12-13)16-6-2-5-14-10-17-8-7-15(14)16/h2,5-6,13,17H,3-4,7-12H2,1H3. The highest BCUT2D eigenvalue weighted by atomic mass is 16.5. The van der Waals surface area contributed by atoms with Crippen LogP contribution in [0.25, 0.3) is 0 Å². The number of hydrogen-bond acceptors (Lipinski definition) is 3. The van der Waals surface area contributed by atoms with Crippen molar-refractivity contribution in [3.8, 4) is 0 Å². The molecule has 0 amide bonds. The maximum Gasteiger partial charge on any atom is 0.0511 e. The van der Waals surface area contributed by atoms with Crippen LogP contribution in [0.3, 0.4) is 0 Å². The fraction of sp³-hybridized carbons (Fsp3) is 0.625. The second-order valence-corrected chi connectivity index (χ2v) is 5.81. The lowest BCUT2D eigenvalue weighted by Crippen LogP contribution is -2.32. The monoisotopic (exact) mass is 260 g/mol. The number of hydrogen-bond donors (Lipinski definition) is 1. The van der Waals surface area contributed by atoms with Gasteiger partial charge < -0.3 is 15.0 Å². The summed E-state index contributed by atoms with van der Waals surface area (Å²) >= 11 is 0. The van der Waals surface area contributed by atoms with E-state index < -0.39 is 0 Å². The molecular formula is C16H24N2O. The molecule has 3 rings (SSSR count). The average Bonchev–Trinajstić information content (AvgIpc) is 2.47. The van der Waals surface area contributed by atoms with Gasteiger partial charge in [0.25, 0.3) is 0 Å². The molecule has 0 bridgehead atoms. The van der Waals surface area contributed by atoms with Crippen LogP contribution in [0.4, 0.5) is 5.69 Å². The molecule has 1 aromatic carbocycles. The minimum absolute atomic E-state index is 0.691. The third kappa shape index (κ3) is 2.93. The van der Waals surface area contributed by atoms with Crippen molar-refractivity contribution < 1.29 is 4.74 Å². The summed E-state index contributed by atoms with van der Waals surface area (Å²) in [6.07, 6.45) is 3.67. The summed E-state index contributed by atoms with van der Waals surface area (Å²) in [6.45, 7) is 5.12. The van der Waals surface area contributed by atoms with Crippen LogP contribution < -0.4 is 10.2 Å². The smallest absolute Gasteiger partial charge is 0.0511 e. The Morgan fingerprint density at radius 2 is 2.37 bits per heavy atom. The van der Waals surface area contributed by atoms with Gasteiger partial charge in [-0.25, -0.2) is 0 Å². The maximum atomic E-state index is 5.59. The molecule has 3 heteroatoms. The van der Waals surface area contributed by atoms with Crippen molar-refractivity contribution in [2.24, 2.45) is 5.92 Å². The zero-order valence-corrected chi connectivity index (χ0v) is 11.8. The minimum atomic E-state index is 0.691. The Morgan fingerprint density at radius 1 is 1.42 bits per heavy atom. The molecule has 104 valence electrons. The van der Waals surface area contributed by atoms with Crippen LogP contribution in [0.5, 0.6) is 0 Å². The maximum absolute atomic E-state index is 5.59. The van der Waals surface area contributed by atoms with Crippen molar-refractivity contribution in [3.63, 3.8) is 0 Å². The Balaban J connectivity index is 1.73. The van der Waals surface area contributed by atoms with Crippen LogP contribution in [-0.4, -0.2) is 33.4 Å². The lowest BCUT2D eigenvalue weighted by atomic mass is 9.97. The first kappa shape index (κ1) is 12.9. The van der Waals surface area contributed by atoms with Gasteiger partial charge in [-0.15, -0.1) is 0 Å². The summed E-state index contributed by atoms with van der Waals surface area (Å²) in [4.78, 5) is 2.43. The predicted octanol–water partition coefficient (Wildman–Crippen LogP) is 2.20. The molecule has 0 saturated carbocycles. The van der Waals surface area contributed by atoms with Crippen molar-refractivity contribution in [2.75, 3.05) is 38.3 Å². The van der Waals surface area contributed by atoms with Crippen molar-refractivity contribution in [2.45, 2.75) is 25.8 Å². The van der Waals surface area contributed by atoms with E-state index in [2.05, 4.69) is 35.5 Å². The van der Waals surface area contributed by atoms with Crippen LogP contribution >= 0.6 is 0 Å². The highest BCUT2D eigenvalue weighted by Gasteiger charge is 2.19. The summed E-state index contributed by atoms with van der Waals surface area (Å²) in [6, 6.07) is 6.71. The van der Waals surface area contributed by atoms with Gasteiger partial charge in [0.05, 0.1) is 6.61 Å². The van der Waals surface area contributed by atoms with E-state index in [0.29, 0.717) is 5.92 Å². The lowest BCUT2D eigenvalue weighted by molar-refractivity contribution is 0.0576. The SMILES string of the molecule is CN(CC1CCCOC1)c1cccc2c1CCNC2. The minimum Gasteiger partial charge on any atom is -0.381 e. The molecule has 1 N–H and O–H groups in total. The number of nitrogens with one attached hydrogen (secondary N) is 1. The quantitative estimate of drug-likeness (QED) is 0.901. The number of anilines is 1. The molecule has 1 aromatic rings. The Kier molecular flexibility index (Phi) is 4.04. The third-order valence-electron chi connectivity index (χ3n) is 4.31. The van der Waals surface area contributed by atoms with E-state index in [1.807, 2.05) is 0 Å². The predicted molar refractivity (Wildman–Crippen MR) is 78.7 cm³/mol. The van der Waals surface area contributed by atoms with Gasteiger partial charge in [-0.3, -0.25) is 0 Å². The third-order valence-corrected chi connectivity index (χ3v) is 4.31. The van der Waals surface area contributed by atoms with Gasteiger partial charge in [0.15, 0.2) is 0 Å². The molecule has 1 atom stereocenters. The molecule has 2 aliphatic rings. The number of benzene rings is 1. The van der Waals surface area contributed by atoms with Gasteiger partial charge in [0, 0.05) is 32.4 Å². The fourth-order valence-corrected chi connectivity index (χ4v) is 3.31. The largest absolute Gasteiger partial charge is 0.381 e. The normalized spacial score (nSPS) is 22.9. The first-order valence-electron chi connectivity index (χ1n) is 7.45. The highest BCUT2D eigenvalue weighted by molar-refractivity contribution is 5.57. The Morgan fingerprint density at radius 3 is 3.21 bits per heavy atom. The van der Waals surface area contributed by atoms with Crippen LogP contribution in [0.1, 0.15) is 24.0 Å². The van der Waals surface area contributed by atoms with E-state index in [-0.39, 0.29) is 0 Å². The van der Waals surface area contributed by atoms with Crippen LogP contribution in [-0.2, 0) is 17.7 Å². The Labute approximate surface area is 115 Å². The first-order valence-corrected chi connectivity index (χ1v) is 7.45. The van der Waals surface area contributed by atoms with Gasteiger partial charge >= 0.3 is 0 Å². The second kappa shape index (κ2) is 5.93. The van der Waals surface area contributed by atoms with Crippen LogP contribution in [0.2, 0.25) is 0 Å². The molecule has 2 aliphatic heterocycles. The summed E-state index contributed by atoms with van der Waals surface area (Å²) in [5.41, 5.74) is 4.43. The molecule has 0 aliphatic carbocycles. The number of nitrogens with zero attached hydrogens (tertiary/aromatic N) is 1. The van der Waals surface area contributed by atoms with Gasteiger partial charge in [0.2, 0.25) is 0 Å². The van der Waals surface area contributed by atoms with Gasteiger partial charge in [-0.1, -0.05) is 12.1 Å². The van der Waals surface area contributed by atoms with Gasteiger partial charge in [-0.2, -0.15) is 0 Å². The highest BCUT2D eigenvalue weighted by Crippen LogP contribution is 2.27. The molecule has 3 nitrogen and oxygen atoms in total. The zero-order chi connectivity index (χ0) is 13.1. The van der Waals surface area contributed by atoms with Gasteiger partial charge in [0.1, 0.15) is 0 Å². The Hall–Kier alpha value is -1.06. The van der Waals surface area contributed by atoms with Crippen LogP contribution in [0, 0.1) is 5.92 Å². The van der Waals surface area contributed by atoms with E-state index in [4.69, 9.17) is 4.74 Å². The lowest BCUT2D eigenvalue weighted by Gasteiger charge is -2.31. The molecule has 0 spiro atoms. The molecule has 19 heavy (non-hydrogen) atoms. The van der Waals surface area contributed by atoms with E-state index >= 15 is 0 Å². The topological polar surface area (TPSA) is 24.5 Å². The summed E-state index contributed by atoms with van der Waals surface area (Å²) in [5.74, 6) is 0.691. The van der Waals surface area contributed by atoms with E-state index in [1.165, 1.54) is 24.1 Å². The number of rotatable bonds is 3. The average molecular weight is 260 g/mol. The van der Waals surface area contributed by atoms with Crippen molar-refractivity contribution in [1.29, 1.82) is 0 Å². The summed E-state index contributed by atoms with van der Waals surface area (Å²) < 4.78 is 5.59. The van der Waals surface area contributed by atoms with Gasteiger partial charge in [-0.05, 0) is 48.9 Å². The molecule has 0 aromatic heterocycles. The first-order chi connectivity index (χ1) is 9.34. The Bertz CT molecular complexity index is 427. The molecular weight excluding hydrogens is 236 g/mol. The molecule has 0 radical (unpaired) electrons. The molecule has 1 unspecified atom stereocenters. The van der Waals surface area contributed by atoms with Crippen molar-refractivity contribution in [3.05, 3.63) is 29.3 Å². The van der Waals surface area contributed by atoms with E-state index in [0.717, 1.165) is 39.3 Å². The van der Waals surface area contributed by atoms with E-state index in [9.17, 15) is 0 Å². The van der Waals surface area contributed by atoms with Crippen LogP contribution in [0.15, 0.2) is 18.2 Å². The summed E-state index contributed by atoms with van der Waals surface area (Å²) in [7, 11) is 2.23. The molecule has 2 heterocycles. The second-order valence-electron chi connectivity index (χ2n) is 5.81. The van der Waals surface area contributed by atoms with Crippen molar-refractivity contribution >= 4 is 5.69 Å². The molecule has 1 fully saturated rings. The van der Waals surface area contributed by atoms with E-state index in [1.54, 1.807) is 5.56 Å². The number of ether oxygens (including phenoxy) is 1. The summed E-state index contributed by atoms with van der Waals surface area (Å²) in [5, 5.41) is 3.45. The zero-order valence-electron chi connectivity index (χ0n) is 11.8. The van der Waals surface area contributed by atoms with Crippen molar-refractivity contribution in [1.82, 2.24) is 5.32 Å². The fourth-order valence-electron chi connectivity index (χ4n) is 3.31.